The first-order valence-corrected chi connectivity index (χ1v) is 6.57. The molecule has 0 saturated carbocycles. The summed E-state index contributed by atoms with van der Waals surface area (Å²) in [4.78, 5) is 3.88. The molecule has 6 heteroatoms. The summed E-state index contributed by atoms with van der Waals surface area (Å²) in [6, 6.07) is 8.05. The number of fused-ring (bicyclic) bond motifs is 3. The van der Waals surface area contributed by atoms with E-state index in [1.807, 2.05) is 31.2 Å². The monoisotopic (exact) mass is 279 g/mol. The van der Waals surface area contributed by atoms with E-state index in [1.165, 1.54) is 0 Å². The van der Waals surface area contributed by atoms with Gasteiger partial charge in [0, 0.05) is 0 Å². The van der Waals surface area contributed by atoms with E-state index in [0.29, 0.717) is 16.8 Å². The van der Waals surface area contributed by atoms with Gasteiger partial charge in [-0.2, -0.15) is 0 Å². The van der Waals surface area contributed by atoms with Gasteiger partial charge in [0.2, 0.25) is 0 Å². The van der Waals surface area contributed by atoms with Crippen molar-refractivity contribution in [2.45, 2.75) is 19.1 Å². The summed E-state index contributed by atoms with van der Waals surface area (Å²) in [5.41, 5.74) is 6.70. The fourth-order valence-corrected chi connectivity index (χ4v) is 3.10. The molecule has 0 amide bonds. The maximum Gasteiger partial charge on any atom is 0.183 e. The first-order valence-electron chi connectivity index (χ1n) is 5.75. The van der Waals surface area contributed by atoms with Gasteiger partial charge in [-0.25, -0.2) is 0 Å². The predicted octanol–water partition coefficient (Wildman–Crippen LogP) is 1.49. The number of benzene rings is 1. The zero-order valence-electron chi connectivity index (χ0n) is 9.87. The van der Waals surface area contributed by atoms with Crippen LogP contribution in [0.5, 0.6) is 5.75 Å². The third kappa shape index (κ3) is 1.56. The smallest absolute Gasteiger partial charge is 0.183 e. The fourth-order valence-electron chi connectivity index (χ4n) is 2.48. The van der Waals surface area contributed by atoms with Gasteiger partial charge in [0.15, 0.2) is 10.2 Å². The van der Waals surface area contributed by atoms with Gasteiger partial charge in [0.05, 0.1) is 18.3 Å². The van der Waals surface area contributed by atoms with Crippen LogP contribution in [0.2, 0.25) is 0 Å². The van der Waals surface area contributed by atoms with Crippen LogP contribution in [0.15, 0.2) is 24.3 Å². The standard InChI is InChI=1S/C12H13N3OS2/c1-7-9-6-14(11(13)17)12(18)15(9)8-4-2-3-5-10(8)16-7/h2-5,7,9H,6H2,1H3,(H2,13,17). The third-order valence-electron chi connectivity index (χ3n) is 3.38. The molecule has 3 rings (SSSR count). The van der Waals surface area contributed by atoms with Crippen LogP contribution in [-0.2, 0) is 0 Å². The van der Waals surface area contributed by atoms with Crippen molar-refractivity contribution in [3.05, 3.63) is 24.3 Å². The summed E-state index contributed by atoms with van der Waals surface area (Å²) < 4.78 is 5.91. The van der Waals surface area contributed by atoms with Crippen molar-refractivity contribution in [1.82, 2.24) is 4.90 Å². The van der Waals surface area contributed by atoms with Gasteiger partial charge >= 0.3 is 0 Å². The minimum atomic E-state index is 0.0530. The number of hydrogen-bond acceptors (Lipinski definition) is 3. The van der Waals surface area contributed by atoms with E-state index in [4.69, 9.17) is 34.9 Å². The highest BCUT2D eigenvalue weighted by Gasteiger charge is 2.44. The van der Waals surface area contributed by atoms with Crippen LogP contribution in [0, 0.1) is 0 Å². The summed E-state index contributed by atoms with van der Waals surface area (Å²) >= 11 is 10.5. The summed E-state index contributed by atoms with van der Waals surface area (Å²) in [5.74, 6) is 0.855. The lowest BCUT2D eigenvalue weighted by Gasteiger charge is -2.36. The van der Waals surface area contributed by atoms with E-state index >= 15 is 0 Å². The predicted molar refractivity (Wildman–Crippen MR) is 78.9 cm³/mol. The fraction of sp³-hybridized carbons (Fsp3) is 0.333. The number of para-hydroxylation sites is 2. The Morgan fingerprint density at radius 1 is 1.44 bits per heavy atom. The molecule has 0 aliphatic carbocycles. The van der Waals surface area contributed by atoms with Crippen LogP contribution in [0.4, 0.5) is 5.69 Å². The average Bonchev–Trinajstić information content (AvgIpc) is 2.69. The van der Waals surface area contributed by atoms with Crippen molar-refractivity contribution in [1.29, 1.82) is 0 Å². The molecule has 94 valence electrons. The lowest BCUT2D eigenvalue weighted by molar-refractivity contribution is 0.180. The Bertz CT molecular complexity index is 534. The quantitative estimate of drug-likeness (QED) is 0.726. The molecule has 4 nitrogen and oxygen atoms in total. The van der Waals surface area contributed by atoms with Gasteiger partial charge in [-0.15, -0.1) is 0 Å². The zero-order chi connectivity index (χ0) is 12.9. The van der Waals surface area contributed by atoms with Crippen molar-refractivity contribution < 1.29 is 4.74 Å². The maximum atomic E-state index is 5.91. The summed E-state index contributed by atoms with van der Waals surface area (Å²) in [7, 11) is 0. The van der Waals surface area contributed by atoms with Crippen molar-refractivity contribution in [3.8, 4) is 5.75 Å². The van der Waals surface area contributed by atoms with Crippen LogP contribution in [-0.4, -0.2) is 33.8 Å². The van der Waals surface area contributed by atoms with Gasteiger partial charge in [-0.3, -0.25) is 4.90 Å². The van der Waals surface area contributed by atoms with E-state index < -0.39 is 0 Å². The molecule has 2 aliphatic heterocycles. The second kappa shape index (κ2) is 4.07. The molecule has 0 spiro atoms. The molecular weight excluding hydrogens is 266 g/mol. The Balaban J connectivity index is 2.07. The van der Waals surface area contributed by atoms with Gasteiger partial charge in [0.25, 0.3) is 0 Å². The van der Waals surface area contributed by atoms with Crippen molar-refractivity contribution in [2.75, 3.05) is 11.4 Å². The number of nitrogens with zero attached hydrogens (tertiary/aromatic N) is 2. The number of ether oxygens (including phenoxy) is 1. The highest BCUT2D eigenvalue weighted by atomic mass is 32.1. The molecule has 1 aromatic rings. The molecular formula is C12H13N3OS2. The van der Waals surface area contributed by atoms with Gasteiger partial charge < -0.3 is 15.4 Å². The second-order valence-corrected chi connectivity index (χ2v) is 5.24. The average molecular weight is 279 g/mol. The molecule has 1 fully saturated rings. The zero-order valence-corrected chi connectivity index (χ0v) is 11.5. The number of hydrogen-bond donors (Lipinski definition) is 1. The van der Waals surface area contributed by atoms with E-state index in [0.717, 1.165) is 11.4 Å². The highest BCUT2D eigenvalue weighted by molar-refractivity contribution is 7.82. The Kier molecular flexibility index (Phi) is 2.64. The number of anilines is 1. The Morgan fingerprint density at radius 2 is 2.17 bits per heavy atom. The topological polar surface area (TPSA) is 41.7 Å². The number of rotatable bonds is 0. The Labute approximate surface area is 116 Å². The molecule has 2 N–H and O–H groups in total. The molecule has 0 aromatic heterocycles. The van der Waals surface area contributed by atoms with Crippen LogP contribution in [0.3, 0.4) is 0 Å². The summed E-state index contributed by atoms with van der Waals surface area (Å²) in [6.07, 6.45) is 0.0530. The molecule has 18 heavy (non-hydrogen) atoms. The largest absolute Gasteiger partial charge is 0.486 e. The molecule has 2 aliphatic rings. The van der Waals surface area contributed by atoms with Crippen LogP contribution < -0.4 is 15.4 Å². The van der Waals surface area contributed by atoms with Crippen molar-refractivity contribution in [3.63, 3.8) is 0 Å². The molecule has 1 aromatic carbocycles. The van der Waals surface area contributed by atoms with Gasteiger partial charge in [0.1, 0.15) is 11.9 Å². The molecule has 1 saturated heterocycles. The second-order valence-electron chi connectivity index (χ2n) is 4.46. The minimum Gasteiger partial charge on any atom is -0.486 e. The normalized spacial score (nSPS) is 25.5. The van der Waals surface area contributed by atoms with Crippen molar-refractivity contribution in [2.24, 2.45) is 5.73 Å². The van der Waals surface area contributed by atoms with E-state index in [9.17, 15) is 0 Å². The third-order valence-corrected chi connectivity index (χ3v) is 4.02. The van der Waals surface area contributed by atoms with E-state index in [-0.39, 0.29) is 12.1 Å². The molecule has 0 bridgehead atoms. The Hall–Kier alpha value is -1.40. The summed E-state index contributed by atoms with van der Waals surface area (Å²) in [5, 5.41) is 0.981. The summed E-state index contributed by atoms with van der Waals surface area (Å²) in [6.45, 7) is 2.73. The number of thiocarbonyl (C=S) groups is 2. The minimum absolute atomic E-state index is 0.0530. The van der Waals surface area contributed by atoms with Gasteiger partial charge in [-0.05, 0) is 43.5 Å². The molecule has 2 atom stereocenters. The molecule has 2 unspecified atom stereocenters. The lowest BCUT2D eigenvalue weighted by Crippen LogP contribution is -2.47. The SMILES string of the molecule is CC1Oc2ccccc2N2C(=S)N(C(N)=S)CC12. The maximum absolute atomic E-state index is 5.91. The molecule has 2 heterocycles. The molecule has 0 radical (unpaired) electrons. The van der Waals surface area contributed by atoms with Crippen LogP contribution >= 0.6 is 24.4 Å². The Morgan fingerprint density at radius 3 is 2.89 bits per heavy atom. The highest BCUT2D eigenvalue weighted by Crippen LogP contribution is 2.39. The lowest BCUT2D eigenvalue weighted by atomic mass is 10.1. The first kappa shape index (κ1) is 11.7. The number of nitrogens with two attached hydrogens (primary N) is 1. The van der Waals surface area contributed by atoms with Crippen molar-refractivity contribution >= 4 is 40.3 Å². The van der Waals surface area contributed by atoms with E-state index in [1.54, 1.807) is 4.90 Å². The van der Waals surface area contributed by atoms with Gasteiger partial charge in [-0.1, -0.05) is 12.1 Å². The van der Waals surface area contributed by atoms with Crippen LogP contribution in [0.1, 0.15) is 6.92 Å². The van der Waals surface area contributed by atoms with Crippen LogP contribution in [0.25, 0.3) is 0 Å². The first-order chi connectivity index (χ1) is 8.59. The van der Waals surface area contributed by atoms with E-state index in [2.05, 4.69) is 4.90 Å².